The first-order chi connectivity index (χ1) is 8.81. The highest BCUT2D eigenvalue weighted by atomic mass is 16.5. The number of hydrogen-bond donors (Lipinski definition) is 1. The van der Waals surface area contributed by atoms with Crippen LogP contribution in [-0.2, 0) is 0 Å². The van der Waals surface area contributed by atoms with Crippen molar-refractivity contribution in [1.82, 2.24) is 0 Å². The number of rotatable bonds is 5. The van der Waals surface area contributed by atoms with Crippen molar-refractivity contribution >= 4 is 5.69 Å². The predicted molar refractivity (Wildman–Crippen MR) is 74.3 cm³/mol. The van der Waals surface area contributed by atoms with Gasteiger partial charge in [0, 0.05) is 13.1 Å². The number of para-hydroxylation sites is 2. The zero-order valence-electron chi connectivity index (χ0n) is 11.1. The van der Waals surface area contributed by atoms with E-state index in [1.54, 1.807) is 0 Å². The van der Waals surface area contributed by atoms with Crippen LogP contribution < -0.4 is 9.64 Å². The molecule has 1 aromatic rings. The molecule has 1 aromatic carbocycles. The first-order valence-electron chi connectivity index (χ1n) is 6.96. The Bertz CT molecular complexity index is 367. The third-order valence-electron chi connectivity index (χ3n) is 3.47. The lowest BCUT2D eigenvalue weighted by Crippen LogP contribution is -2.25. The Morgan fingerprint density at radius 2 is 2.22 bits per heavy atom. The summed E-state index contributed by atoms with van der Waals surface area (Å²) >= 11 is 0. The molecular weight excluding hydrogens is 226 g/mol. The minimum absolute atomic E-state index is 0.150. The van der Waals surface area contributed by atoms with Crippen LogP contribution in [0.15, 0.2) is 24.3 Å². The van der Waals surface area contributed by atoms with E-state index in [-0.39, 0.29) is 6.10 Å². The lowest BCUT2D eigenvalue weighted by Gasteiger charge is -2.24. The number of anilines is 1. The Labute approximate surface area is 109 Å². The molecule has 1 N–H and O–H groups in total. The fraction of sp³-hybridized carbons (Fsp3) is 0.600. The largest absolute Gasteiger partial charge is 0.491 e. The molecule has 1 aliphatic heterocycles. The zero-order valence-corrected chi connectivity index (χ0v) is 11.1. The molecule has 0 amide bonds. The van der Waals surface area contributed by atoms with E-state index in [0.29, 0.717) is 0 Å². The van der Waals surface area contributed by atoms with Crippen LogP contribution in [0.2, 0.25) is 0 Å². The molecule has 0 spiro atoms. The summed E-state index contributed by atoms with van der Waals surface area (Å²) in [6.07, 6.45) is 3.67. The van der Waals surface area contributed by atoms with Gasteiger partial charge in [0.1, 0.15) is 5.75 Å². The third-order valence-corrected chi connectivity index (χ3v) is 3.47. The zero-order chi connectivity index (χ0) is 12.8. The van der Waals surface area contributed by atoms with Crippen LogP contribution in [0.1, 0.15) is 32.6 Å². The predicted octanol–water partition coefficient (Wildman–Crippen LogP) is 2.83. The Morgan fingerprint density at radius 1 is 1.39 bits per heavy atom. The molecule has 3 nitrogen and oxygen atoms in total. The molecule has 0 saturated carbocycles. The molecule has 0 fully saturated rings. The number of fused-ring (bicyclic) bond motifs is 1. The Balaban J connectivity index is 1.95. The number of ether oxygens (including phenoxy) is 1. The van der Waals surface area contributed by atoms with Gasteiger partial charge in [0.15, 0.2) is 0 Å². The van der Waals surface area contributed by atoms with Gasteiger partial charge in [-0.05, 0) is 37.8 Å². The summed E-state index contributed by atoms with van der Waals surface area (Å²) in [5, 5.41) is 9.60. The van der Waals surface area contributed by atoms with E-state index in [1.165, 1.54) is 5.69 Å². The van der Waals surface area contributed by atoms with Crippen LogP contribution in [0.3, 0.4) is 0 Å². The number of aliphatic hydroxyl groups excluding tert-OH is 1. The summed E-state index contributed by atoms with van der Waals surface area (Å²) in [5.41, 5.74) is 1.20. The summed E-state index contributed by atoms with van der Waals surface area (Å²) in [7, 11) is 0. The highest BCUT2D eigenvalue weighted by Crippen LogP contribution is 2.30. The average molecular weight is 249 g/mol. The SMILES string of the molecule is CCC(O)CCCN1CCCOc2ccccc21. The molecule has 1 heterocycles. The van der Waals surface area contributed by atoms with Gasteiger partial charge in [0.05, 0.1) is 18.4 Å². The Hall–Kier alpha value is -1.22. The maximum absolute atomic E-state index is 9.60. The smallest absolute Gasteiger partial charge is 0.142 e. The minimum atomic E-state index is -0.150. The highest BCUT2D eigenvalue weighted by molar-refractivity contribution is 5.58. The second kappa shape index (κ2) is 6.64. The molecule has 0 radical (unpaired) electrons. The topological polar surface area (TPSA) is 32.7 Å². The lowest BCUT2D eigenvalue weighted by atomic mass is 10.1. The first-order valence-corrected chi connectivity index (χ1v) is 6.96. The van der Waals surface area contributed by atoms with Gasteiger partial charge in [-0.15, -0.1) is 0 Å². The van der Waals surface area contributed by atoms with E-state index >= 15 is 0 Å². The van der Waals surface area contributed by atoms with E-state index in [0.717, 1.165) is 51.1 Å². The highest BCUT2D eigenvalue weighted by Gasteiger charge is 2.15. The fourth-order valence-electron chi connectivity index (χ4n) is 2.35. The van der Waals surface area contributed by atoms with Crippen molar-refractivity contribution < 1.29 is 9.84 Å². The van der Waals surface area contributed by atoms with Gasteiger partial charge in [-0.25, -0.2) is 0 Å². The van der Waals surface area contributed by atoms with Crippen LogP contribution in [0.4, 0.5) is 5.69 Å². The maximum atomic E-state index is 9.60. The van der Waals surface area contributed by atoms with Gasteiger partial charge in [0.2, 0.25) is 0 Å². The van der Waals surface area contributed by atoms with Gasteiger partial charge in [0.25, 0.3) is 0 Å². The summed E-state index contributed by atoms with van der Waals surface area (Å²) in [6, 6.07) is 8.23. The van der Waals surface area contributed by atoms with E-state index in [2.05, 4.69) is 17.0 Å². The summed E-state index contributed by atoms with van der Waals surface area (Å²) in [5.74, 6) is 0.992. The molecule has 0 aromatic heterocycles. The summed E-state index contributed by atoms with van der Waals surface area (Å²) in [6.45, 7) is 4.86. The van der Waals surface area contributed by atoms with Crippen molar-refractivity contribution in [2.24, 2.45) is 0 Å². The second-order valence-corrected chi connectivity index (χ2v) is 4.86. The summed E-state index contributed by atoms with van der Waals surface area (Å²) in [4.78, 5) is 2.38. The van der Waals surface area contributed by atoms with Crippen molar-refractivity contribution in [2.45, 2.75) is 38.7 Å². The fourth-order valence-corrected chi connectivity index (χ4v) is 2.35. The molecule has 1 aliphatic rings. The van der Waals surface area contributed by atoms with Crippen LogP contribution in [-0.4, -0.2) is 30.9 Å². The monoisotopic (exact) mass is 249 g/mol. The van der Waals surface area contributed by atoms with Crippen molar-refractivity contribution in [3.8, 4) is 5.75 Å². The normalized spacial score (nSPS) is 16.7. The molecule has 0 saturated heterocycles. The molecule has 0 aliphatic carbocycles. The van der Waals surface area contributed by atoms with E-state index in [4.69, 9.17) is 4.74 Å². The molecule has 1 atom stereocenters. The molecule has 18 heavy (non-hydrogen) atoms. The van der Waals surface area contributed by atoms with Gasteiger partial charge in [-0.3, -0.25) is 0 Å². The molecule has 2 rings (SSSR count). The van der Waals surface area contributed by atoms with Crippen LogP contribution in [0.5, 0.6) is 5.75 Å². The first kappa shape index (κ1) is 13.2. The van der Waals surface area contributed by atoms with Crippen molar-refractivity contribution in [3.63, 3.8) is 0 Å². The average Bonchev–Trinajstić information content (AvgIpc) is 2.61. The van der Waals surface area contributed by atoms with Gasteiger partial charge < -0.3 is 14.7 Å². The molecule has 3 heteroatoms. The Kier molecular flexibility index (Phi) is 4.88. The van der Waals surface area contributed by atoms with Crippen LogP contribution in [0.25, 0.3) is 0 Å². The van der Waals surface area contributed by atoms with Gasteiger partial charge in [-0.2, -0.15) is 0 Å². The molecular formula is C15H23NO2. The van der Waals surface area contributed by atoms with Gasteiger partial charge in [-0.1, -0.05) is 19.1 Å². The quantitative estimate of drug-likeness (QED) is 0.871. The van der Waals surface area contributed by atoms with Crippen molar-refractivity contribution in [2.75, 3.05) is 24.6 Å². The maximum Gasteiger partial charge on any atom is 0.142 e. The number of nitrogens with zero attached hydrogens (tertiary/aromatic N) is 1. The van der Waals surface area contributed by atoms with Crippen molar-refractivity contribution in [3.05, 3.63) is 24.3 Å². The van der Waals surface area contributed by atoms with Crippen LogP contribution in [0, 0.1) is 0 Å². The summed E-state index contributed by atoms with van der Waals surface area (Å²) < 4.78 is 5.74. The van der Waals surface area contributed by atoms with Crippen LogP contribution >= 0.6 is 0 Å². The van der Waals surface area contributed by atoms with E-state index in [9.17, 15) is 5.11 Å². The lowest BCUT2D eigenvalue weighted by molar-refractivity contribution is 0.158. The van der Waals surface area contributed by atoms with Gasteiger partial charge >= 0.3 is 0 Å². The Morgan fingerprint density at radius 3 is 3.06 bits per heavy atom. The molecule has 100 valence electrons. The van der Waals surface area contributed by atoms with E-state index in [1.807, 2.05) is 19.1 Å². The standard InChI is InChI=1S/C15H23NO2/c1-2-13(17)7-5-10-16-11-6-12-18-15-9-4-3-8-14(15)16/h3-4,8-9,13,17H,2,5-7,10-12H2,1H3. The number of benzene rings is 1. The third kappa shape index (κ3) is 3.39. The second-order valence-electron chi connectivity index (χ2n) is 4.86. The van der Waals surface area contributed by atoms with E-state index < -0.39 is 0 Å². The number of aliphatic hydroxyl groups is 1. The molecule has 0 bridgehead atoms. The number of hydrogen-bond acceptors (Lipinski definition) is 3. The minimum Gasteiger partial charge on any atom is -0.491 e. The van der Waals surface area contributed by atoms with Crippen molar-refractivity contribution in [1.29, 1.82) is 0 Å². The molecule has 1 unspecified atom stereocenters.